The molecule has 15 heavy (non-hydrogen) atoms. The molecule has 0 saturated heterocycles. The monoisotopic (exact) mass is 250 g/mol. The molecule has 1 heterocycles. The van der Waals surface area contributed by atoms with Crippen LogP contribution in [0.4, 0.5) is 0 Å². The first kappa shape index (κ1) is 12.2. The van der Waals surface area contributed by atoms with Gasteiger partial charge in [-0.25, -0.2) is 13.4 Å². The van der Waals surface area contributed by atoms with Crippen LogP contribution in [0, 0.1) is 0 Å². The van der Waals surface area contributed by atoms with Crippen LogP contribution in [-0.4, -0.2) is 29.5 Å². The third-order valence-corrected chi connectivity index (χ3v) is 3.90. The average molecular weight is 251 g/mol. The summed E-state index contributed by atoms with van der Waals surface area (Å²) in [5.41, 5.74) is -0.467. The Morgan fingerprint density at radius 3 is 2.80 bits per heavy atom. The number of aromatic nitrogens is 2. The summed E-state index contributed by atoms with van der Waals surface area (Å²) in [6, 6.07) is 0. The third kappa shape index (κ3) is 3.32. The molecule has 7 heteroatoms. The predicted octanol–water partition coefficient (Wildman–Crippen LogP) is 0.331. The first-order valence-corrected chi connectivity index (χ1v) is 6.57. The molecule has 1 aromatic heterocycles. The molecule has 1 aromatic rings. The lowest BCUT2D eigenvalue weighted by molar-refractivity contribution is 0.588. The highest BCUT2D eigenvalue weighted by Crippen LogP contribution is 1.95. The Morgan fingerprint density at radius 1 is 1.53 bits per heavy atom. The highest BCUT2D eigenvalue weighted by atomic mass is 35.5. The Bertz CT molecular complexity index is 495. The lowest BCUT2D eigenvalue weighted by Crippen LogP contribution is -2.25. The van der Waals surface area contributed by atoms with Gasteiger partial charge in [-0.3, -0.25) is 4.79 Å². The van der Waals surface area contributed by atoms with Crippen LogP contribution < -0.4 is 5.56 Å². The van der Waals surface area contributed by atoms with Crippen molar-refractivity contribution in [3.8, 4) is 0 Å². The van der Waals surface area contributed by atoms with Gasteiger partial charge in [-0.05, 0) is 0 Å². The second-order valence-electron chi connectivity index (χ2n) is 2.95. The lowest BCUT2D eigenvalue weighted by Gasteiger charge is -2.04. The van der Waals surface area contributed by atoms with Crippen molar-refractivity contribution in [2.45, 2.75) is 13.5 Å². The number of hydrogen-bond donors (Lipinski definition) is 0. The molecular weight excluding hydrogens is 240 g/mol. The van der Waals surface area contributed by atoms with Crippen LogP contribution in [0.15, 0.2) is 17.2 Å². The maximum atomic E-state index is 11.3. The summed E-state index contributed by atoms with van der Waals surface area (Å²) in [5, 5.41) is -0.147. The minimum atomic E-state index is -3.07. The molecule has 0 amide bonds. The SMILES string of the molecule is CCS(=O)(=O)CCn1ccnc(Cl)c1=O. The van der Waals surface area contributed by atoms with E-state index in [0.717, 1.165) is 0 Å². The molecule has 0 aliphatic carbocycles. The molecule has 0 atom stereocenters. The zero-order valence-electron chi connectivity index (χ0n) is 8.18. The molecule has 84 valence electrons. The van der Waals surface area contributed by atoms with Gasteiger partial charge >= 0.3 is 0 Å². The van der Waals surface area contributed by atoms with Crippen LogP contribution in [0.3, 0.4) is 0 Å². The molecule has 0 aromatic carbocycles. The Hall–Kier alpha value is -0.880. The third-order valence-electron chi connectivity index (χ3n) is 1.95. The van der Waals surface area contributed by atoms with E-state index in [0.29, 0.717) is 0 Å². The standard InChI is InChI=1S/C8H11ClN2O3S/c1-2-15(13,14)6-5-11-4-3-10-7(9)8(11)12/h3-4H,2,5-6H2,1H3. The van der Waals surface area contributed by atoms with Crippen molar-refractivity contribution >= 4 is 21.4 Å². The number of halogens is 1. The molecule has 0 aliphatic rings. The maximum Gasteiger partial charge on any atom is 0.288 e. The minimum Gasteiger partial charge on any atom is -0.310 e. The van der Waals surface area contributed by atoms with Crippen molar-refractivity contribution in [1.29, 1.82) is 0 Å². The minimum absolute atomic E-state index is 0.0657. The van der Waals surface area contributed by atoms with Crippen LogP contribution >= 0.6 is 11.6 Å². The van der Waals surface area contributed by atoms with Crippen LogP contribution in [0.25, 0.3) is 0 Å². The van der Waals surface area contributed by atoms with E-state index in [1.54, 1.807) is 6.92 Å². The number of nitrogens with zero attached hydrogens (tertiary/aromatic N) is 2. The van der Waals surface area contributed by atoms with Gasteiger partial charge in [0.25, 0.3) is 5.56 Å². The summed E-state index contributed by atoms with van der Waals surface area (Å²) in [6.45, 7) is 1.68. The van der Waals surface area contributed by atoms with E-state index in [1.165, 1.54) is 17.0 Å². The average Bonchev–Trinajstić information content (AvgIpc) is 2.20. The fourth-order valence-corrected chi connectivity index (χ4v) is 1.91. The van der Waals surface area contributed by atoms with E-state index in [2.05, 4.69) is 4.98 Å². The number of aryl methyl sites for hydroxylation is 1. The van der Waals surface area contributed by atoms with Crippen molar-refractivity contribution in [2.24, 2.45) is 0 Å². The predicted molar refractivity (Wildman–Crippen MR) is 57.8 cm³/mol. The number of sulfone groups is 1. The number of hydrogen-bond acceptors (Lipinski definition) is 4. The second kappa shape index (κ2) is 4.76. The maximum absolute atomic E-state index is 11.3. The molecule has 0 spiro atoms. The smallest absolute Gasteiger partial charge is 0.288 e. The zero-order valence-corrected chi connectivity index (χ0v) is 9.75. The molecule has 1 rings (SSSR count). The highest BCUT2D eigenvalue weighted by molar-refractivity contribution is 7.91. The van der Waals surface area contributed by atoms with Gasteiger partial charge in [0.2, 0.25) is 0 Å². The van der Waals surface area contributed by atoms with Crippen molar-refractivity contribution in [2.75, 3.05) is 11.5 Å². The Labute approximate surface area is 92.6 Å². The number of rotatable bonds is 4. The first-order chi connectivity index (χ1) is 6.96. The van der Waals surface area contributed by atoms with Gasteiger partial charge in [-0.15, -0.1) is 0 Å². The van der Waals surface area contributed by atoms with E-state index in [4.69, 9.17) is 11.6 Å². The Morgan fingerprint density at radius 2 is 2.20 bits per heavy atom. The van der Waals surface area contributed by atoms with E-state index < -0.39 is 15.4 Å². The molecule has 0 N–H and O–H groups in total. The fourth-order valence-electron chi connectivity index (χ4n) is 0.979. The summed E-state index contributed by atoms with van der Waals surface area (Å²) in [4.78, 5) is 14.9. The molecule has 0 unspecified atom stereocenters. The van der Waals surface area contributed by atoms with Crippen molar-refractivity contribution in [3.63, 3.8) is 0 Å². The van der Waals surface area contributed by atoms with Gasteiger partial charge < -0.3 is 4.57 Å². The first-order valence-electron chi connectivity index (χ1n) is 4.37. The summed E-state index contributed by atoms with van der Waals surface area (Å²) < 4.78 is 23.6. The van der Waals surface area contributed by atoms with Crippen LogP contribution in [0.2, 0.25) is 5.15 Å². The van der Waals surface area contributed by atoms with Crippen molar-refractivity contribution < 1.29 is 8.42 Å². The van der Waals surface area contributed by atoms with Gasteiger partial charge in [-0.1, -0.05) is 18.5 Å². The lowest BCUT2D eigenvalue weighted by atomic mass is 10.6. The van der Waals surface area contributed by atoms with Crippen LogP contribution in [-0.2, 0) is 16.4 Å². The van der Waals surface area contributed by atoms with Crippen LogP contribution in [0.5, 0.6) is 0 Å². The van der Waals surface area contributed by atoms with Crippen molar-refractivity contribution in [3.05, 3.63) is 27.9 Å². The van der Waals surface area contributed by atoms with E-state index in [1.807, 2.05) is 0 Å². The summed E-state index contributed by atoms with van der Waals surface area (Å²) in [7, 11) is -3.07. The molecule has 0 fully saturated rings. The topological polar surface area (TPSA) is 69.0 Å². The molecule has 0 saturated carbocycles. The fraction of sp³-hybridized carbons (Fsp3) is 0.500. The summed E-state index contributed by atoms with van der Waals surface area (Å²) in [5.74, 6) is 0.00428. The summed E-state index contributed by atoms with van der Waals surface area (Å²) in [6.07, 6.45) is 2.78. The van der Waals surface area contributed by atoms with Gasteiger partial charge in [0.15, 0.2) is 15.0 Å². The van der Waals surface area contributed by atoms with Gasteiger partial charge in [0.05, 0.1) is 5.75 Å². The largest absolute Gasteiger partial charge is 0.310 e. The van der Waals surface area contributed by atoms with Crippen LogP contribution in [0.1, 0.15) is 6.92 Å². The molecule has 0 radical (unpaired) electrons. The summed E-state index contributed by atoms with van der Waals surface area (Å²) >= 11 is 5.50. The van der Waals surface area contributed by atoms with E-state index in [9.17, 15) is 13.2 Å². The highest BCUT2D eigenvalue weighted by Gasteiger charge is 2.09. The zero-order chi connectivity index (χ0) is 11.5. The molecular formula is C8H11ClN2O3S. The Balaban J connectivity index is 2.84. The molecule has 0 aliphatic heterocycles. The van der Waals surface area contributed by atoms with E-state index >= 15 is 0 Å². The molecule has 5 nitrogen and oxygen atoms in total. The van der Waals surface area contributed by atoms with Gasteiger partial charge in [0, 0.05) is 24.7 Å². The normalized spacial score (nSPS) is 11.6. The van der Waals surface area contributed by atoms with Gasteiger partial charge in [0.1, 0.15) is 0 Å². The van der Waals surface area contributed by atoms with E-state index in [-0.39, 0.29) is 23.2 Å². The quantitative estimate of drug-likeness (QED) is 0.772. The van der Waals surface area contributed by atoms with Crippen molar-refractivity contribution in [1.82, 2.24) is 9.55 Å². The Kier molecular flexibility index (Phi) is 3.87. The second-order valence-corrected chi connectivity index (χ2v) is 5.78. The molecule has 0 bridgehead atoms. The van der Waals surface area contributed by atoms with Gasteiger partial charge in [-0.2, -0.15) is 0 Å².